The summed E-state index contributed by atoms with van der Waals surface area (Å²) >= 11 is 1.57. The van der Waals surface area contributed by atoms with E-state index in [0.717, 1.165) is 18.5 Å². The molecule has 0 bridgehead atoms. The monoisotopic (exact) mass is 376 g/mol. The predicted molar refractivity (Wildman–Crippen MR) is 100 cm³/mol. The van der Waals surface area contributed by atoms with Gasteiger partial charge in [-0.25, -0.2) is 19.3 Å². The van der Waals surface area contributed by atoms with Crippen molar-refractivity contribution in [2.24, 2.45) is 0 Å². The van der Waals surface area contributed by atoms with Crippen LogP contribution in [0.4, 0.5) is 16.2 Å². The number of aromatic nitrogens is 3. The summed E-state index contributed by atoms with van der Waals surface area (Å²) in [6.45, 7) is 2.70. The maximum Gasteiger partial charge on any atom is 0.226 e. The minimum atomic E-state index is -0.433. The number of rotatable bonds is 5. The maximum atomic E-state index is 14.5. The van der Waals surface area contributed by atoms with Crippen LogP contribution in [0.1, 0.15) is 18.5 Å². The van der Waals surface area contributed by atoms with E-state index in [1.807, 2.05) is 12.3 Å². The van der Waals surface area contributed by atoms with Crippen molar-refractivity contribution in [3.63, 3.8) is 0 Å². The average molecular weight is 376 g/mol. The second-order valence-electron chi connectivity index (χ2n) is 6.52. The molecule has 4 rings (SSSR count). The molecule has 9 heteroatoms. The number of hydrogen-bond acceptors (Lipinski definition) is 8. The second kappa shape index (κ2) is 6.98. The van der Waals surface area contributed by atoms with Gasteiger partial charge in [0.25, 0.3) is 0 Å². The van der Waals surface area contributed by atoms with E-state index >= 15 is 0 Å². The Kier molecular flexibility index (Phi) is 4.68. The van der Waals surface area contributed by atoms with Gasteiger partial charge >= 0.3 is 0 Å². The van der Waals surface area contributed by atoms with Crippen molar-refractivity contribution in [3.8, 4) is 11.3 Å². The molecule has 0 aromatic carbocycles. The summed E-state index contributed by atoms with van der Waals surface area (Å²) in [7, 11) is 0. The molecule has 1 saturated heterocycles. The highest BCUT2D eigenvalue weighted by Crippen LogP contribution is 2.46. The molecule has 26 heavy (non-hydrogen) atoms. The summed E-state index contributed by atoms with van der Waals surface area (Å²) in [4.78, 5) is 15.5. The van der Waals surface area contributed by atoms with Gasteiger partial charge in [0.2, 0.25) is 5.95 Å². The summed E-state index contributed by atoms with van der Waals surface area (Å²) in [5.74, 6) is 0.320. The number of anilines is 2. The first-order valence-corrected chi connectivity index (χ1v) is 9.77. The Morgan fingerprint density at radius 1 is 1.27 bits per heavy atom. The highest BCUT2D eigenvalue weighted by molar-refractivity contribution is 7.96. The highest BCUT2D eigenvalue weighted by atomic mass is 32.2. The van der Waals surface area contributed by atoms with Crippen molar-refractivity contribution in [1.29, 1.82) is 0 Å². The Balaban J connectivity index is 1.79. The molecule has 0 amide bonds. The summed E-state index contributed by atoms with van der Waals surface area (Å²) in [6, 6.07) is 3.08. The van der Waals surface area contributed by atoms with Crippen LogP contribution in [0.15, 0.2) is 18.3 Å². The van der Waals surface area contributed by atoms with Gasteiger partial charge in [-0.05, 0) is 25.2 Å². The topological polar surface area (TPSA) is 89.2 Å². The van der Waals surface area contributed by atoms with Crippen LogP contribution in [0.2, 0.25) is 0 Å². The predicted octanol–water partition coefficient (Wildman–Crippen LogP) is 1.95. The number of ether oxygens (including phenoxy) is 1. The second-order valence-corrected chi connectivity index (χ2v) is 7.13. The van der Waals surface area contributed by atoms with E-state index in [1.165, 1.54) is 12.3 Å². The molecule has 1 aliphatic carbocycles. The fourth-order valence-electron chi connectivity index (χ4n) is 3.09. The maximum absolute atomic E-state index is 14.5. The zero-order chi connectivity index (χ0) is 18.1. The number of nitrogens with one attached hydrogen (secondary N) is 1. The number of nitrogens with zero attached hydrogens (tertiary/aromatic N) is 4. The third-order valence-corrected chi connectivity index (χ3v) is 5.29. The average Bonchev–Trinajstić information content (AvgIpc) is 3.43. The Bertz CT molecular complexity index is 810. The molecule has 2 aliphatic rings. The smallest absolute Gasteiger partial charge is 0.226 e. The summed E-state index contributed by atoms with van der Waals surface area (Å²) < 4.78 is 23.3. The summed E-state index contributed by atoms with van der Waals surface area (Å²) in [5, 5.41) is 0. The molecule has 2 aromatic heterocycles. The van der Waals surface area contributed by atoms with Crippen molar-refractivity contribution in [3.05, 3.63) is 29.8 Å². The standard InChI is InChI=1S/C17H21FN6OS/c1-26-23-17(2-3-17)14-9-13(11-10-20-15(19)8-12(11)18)21-16(22-14)24-4-6-25-7-5-24/h8-10,23H,2-7H2,1H3,(H2,19,20). The number of nitrogen functional groups attached to an aromatic ring is 1. The first kappa shape index (κ1) is 17.4. The molecule has 2 aromatic rings. The number of nitrogens with two attached hydrogens (primary N) is 1. The van der Waals surface area contributed by atoms with Gasteiger partial charge in [-0.3, -0.25) is 4.72 Å². The number of morpholine rings is 1. The van der Waals surface area contributed by atoms with Crippen molar-refractivity contribution in [2.45, 2.75) is 18.4 Å². The molecule has 2 fully saturated rings. The van der Waals surface area contributed by atoms with Crippen LogP contribution in [-0.2, 0) is 10.3 Å². The summed E-state index contributed by atoms with van der Waals surface area (Å²) in [5.41, 5.74) is 7.15. The first-order chi connectivity index (χ1) is 12.6. The van der Waals surface area contributed by atoms with Gasteiger partial charge in [0, 0.05) is 25.4 Å². The lowest BCUT2D eigenvalue weighted by Gasteiger charge is -2.28. The molecule has 0 unspecified atom stereocenters. The first-order valence-electron chi connectivity index (χ1n) is 8.55. The normalized spacial score (nSPS) is 18.8. The van der Waals surface area contributed by atoms with Crippen LogP contribution >= 0.6 is 11.9 Å². The van der Waals surface area contributed by atoms with E-state index in [4.69, 9.17) is 15.5 Å². The fourth-order valence-corrected chi connectivity index (χ4v) is 3.79. The largest absolute Gasteiger partial charge is 0.384 e. The Hall–Kier alpha value is -1.97. The molecule has 0 radical (unpaired) electrons. The Labute approximate surface area is 155 Å². The Morgan fingerprint density at radius 3 is 2.69 bits per heavy atom. The third kappa shape index (κ3) is 3.34. The van der Waals surface area contributed by atoms with Gasteiger partial charge < -0.3 is 15.4 Å². The molecule has 3 N–H and O–H groups in total. The minimum Gasteiger partial charge on any atom is -0.384 e. The number of pyridine rings is 1. The zero-order valence-corrected chi connectivity index (χ0v) is 15.4. The number of hydrogen-bond donors (Lipinski definition) is 2. The lowest BCUT2D eigenvalue weighted by Crippen LogP contribution is -2.38. The minimum absolute atomic E-state index is 0.150. The lowest BCUT2D eigenvalue weighted by molar-refractivity contribution is 0.122. The van der Waals surface area contributed by atoms with E-state index in [0.29, 0.717) is 43.5 Å². The van der Waals surface area contributed by atoms with Crippen LogP contribution in [0.25, 0.3) is 11.3 Å². The molecule has 0 atom stereocenters. The van der Waals surface area contributed by atoms with Crippen molar-refractivity contribution in [2.75, 3.05) is 43.2 Å². The fraction of sp³-hybridized carbons (Fsp3) is 0.471. The number of halogens is 1. The van der Waals surface area contributed by atoms with Crippen molar-refractivity contribution < 1.29 is 9.13 Å². The van der Waals surface area contributed by atoms with Gasteiger partial charge in [0.15, 0.2) is 0 Å². The van der Waals surface area contributed by atoms with E-state index in [-0.39, 0.29) is 11.4 Å². The van der Waals surface area contributed by atoms with E-state index in [9.17, 15) is 4.39 Å². The van der Waals surface area contributed by atoms with Crippen LogP contribution < -0.4 is 15.4 Å². The van der Waals surface area contributed by atoms with Gasteiger partial charge in [0.1, 0.15) is 11.6 Å². The van der Waals surface area contributed by atoms with Gasteiger partial charge in [-0.15, -0.1) is 0 Å². The zero-order valence-electron chi connectivity index (χ0n) is 14.5. The summed E-state index contributed by atoms with van der Waals surface area (Å²) in [6.07, 6.45) is 5.42. The Morgan fingerprint density at radius 2 is 2.04 bits per heavy atom. The molecular weight excluding hydrogens is 355 g/mol. The van der Waals surface area contributed by atoms with Crippen LogP contribution in [0.3, 0.4) is 0 Å². The molecule has 0 spiro atoms. The molecule has 7 nitrogen and oxygen atoms in total. The lowest BCUT2D eigenvalue weighted by atomic mass is 10.1. The van der Waals surface area contributed by atoms with Crippen LogP contribution in [0, 0.1) is 5.82 Å². The van der Waals surface area contributed by atoms with Gasteiger partial charge in [0.05, 0.1) is 35.7 Å². The SMILES string of the molecule is CSNC1(c2cc(-c3cnc(N)cc3F)nc(N3CCOCC3)n2)CC1. The van der Waals surface area contributed by atoms with Gasteiger partial charge in [-0.1, -0.05) is 11.9 Å². The molecular formula is C17H21FN6OS. The van der Waals surface area contributed by atoms with E-state index < -0.39 is 5.82 Å². The highest BCUT2D eigenvalue weighted by Gasteiger charge is 2.46. The van der Waals surface area contributed by atoms with Crippen LogP contribution in [0.5, 0.6) is 0 Å². The molecule has 3 heterocycles. The molecule has 138 valence electrons. The van der Waals surface area contributed by atoms with Gasteiger partial charge in [-0.2, -0.15) is 0 Å². The molecule has 1 aliphatic heterocycles. The van der Waals surface area contributed by atoms with Crippen LogP contribution in [-0.4, -0.2) is 47.5 Å². The van der Waals surface area contributed by atoms with E-state index in [1.54, 1.807) is 11.9 Å². The van der Waals surface area contributed by atoms with Crippen molar-refractivity contribution >= 4 is 23.7 Å². The van der Waals surface area contributed by atoms with Crippen molar-refractivity contribution in [1.82, 2.24) is 19.7 Å². The third-order valence-electron chi connectivity index (χ3n) is 4.70. The van der Waals surface area contributed by atoms with E-state index in [2.05, 4.69) is 19.6 Å². The molecule has 1 saturated carbocycles. The quantitative estimate of drug-likeness (QED) is 0.766.